The van der Waals surface area contributed by atoms with Gasteiger partial charge >= 0.3 is 0 Å². The van der Waals surface area contributed by atoms with Gasteiger partial charge in [-0.3, -0.25) is 14.0 Å². The minimum atomic E-state index is 0.705. The van der Waals surface area contributed by atoms with Crippen molar-refractivity contribution >= 4 is 88.8 Å². The van der Waals surface area contributed by atoms with E-state index in [1.54, 1.807) is 0 Å². The molecule has 0 amide bonds. The summed E-state index contributed by atoms with van der Waals surface area (Å²) in [6, 6.07) is 46.7. The smallest absolute Gasteiger partial charge is 0.220 e. The number of aliphatic imine (C=N–C) groups is 1. The summed E-state index contributed by atoms with van der Waals surface area (Å²) < 4.78 is 13.6. The molecule has 5 nitrogen and oxygen atoms in total. The van der Waals surface area contributed by atoms with Gasteiger partial charge in [0.1, 0.15) is 16.8 Å². The Morgan fingerprint density at radius 3 is 2.29 bits per heavy atom. The Kier molecular flexibility index (Phi) is 6.04. The number of rotatable bonds is 4. The molecule has 0 unspecified atom stereocenters. The monoisotopic (exact) mass is 648 g/mol. The molecule has 0 radical (unpaired) electrons. The first-order chi connectivity index (χ1) is 24.2. The topological polar surface area (TPSA) is 47.7 Å². The molecule has 0 aliphatic heterocycles. The zero-order chi connectivity index (χ0) is 32.6. The minimum absolute atomic E-state index is 0.705. The van der Waals surface area contributed by atoms with E-state index in [9.17, 15) is 0 Å². The molecule has 232 valence electrons. The number of hydrogen-bond donors (Lipinski definition) is 0. The normalized spacial score (nSPS) is 13.1. The summed E-state index contributed by atoms with van der Waals surface area (Å²) in [5.74, 6) is 0.872. The first-order valence-electron chi connectivity index (χ1n) is 16.3. The van der Waals surface area contributed by atoms with Crippen LogP contribution in [0.2, 0.25) is 0 Å². The van der Waals surface area contributed by atoms with Crippen LogP contribution in [0.5, 0.6) is 0 Å². The Hall–Kier alpha value is -6.24. The average Bonchev–Trinajstić information content (AvgIpc) is 3.90. The van der Waals surface area contributed by atoms with Crippen LogP contribution in [0.3, 0.4) is 0 Å². The molecule has 6 heteroatoms. The van der Waals surface area contributed by atoms with Gasteiger partial charge in [0.15, 0.2) is 5.42 Å². The maximum atomic E-state index is 6.48. The Morgan fingerprint density at radius 1 is 0.714 bits per heavy atom. The molecule has 10 rings (SSSR count). The number of aromatic nitrogens is 3. The summed E-state index contributed by atoms with van der Waals surface area (Å²) in [7, 11) is 0. The molecule has 0 aliphatic carbocycles. The van der Waals surface area contributed by atoms with E-state index in [-0.39, 0.29) is 0 Å². The maximum Gasteiger partial charge on any atom is 0.220 e. The molecular weight excluding hydrogens is 621 g/mol. The van der Waals surface area contributed by atoms with Crippen molar-refractivity contribution in [1.82, 2.24) is 14.0 Å². The summed E-state index contributed by atoms with van der Waals surface area (Å²) >= 11 is 1.81. The van der Waals surface area contributed by atoms with Crippen LogP contribution in [0, 0.1) is 0 Å². The number of benzene rings is 6. The van der Waals surface area contributed by atoms with Crippen molar-refractivity contribution < 1.29 is 4.42 Å². The molecule has 0 fully saturated rings. The Morgan fingerprint density at radius 2 is 1.43 bits per heavy atom. The Bertz CT molecular complexity index is 3100. The van der Waals surface area contributed by atoms with Gasteiger partial charge in [-0.15, -0.1) is 11.3 Å². The van der Waals surface area contributed by atoms with Gasteiger partial charge in [-0.2, -0.15) is 0 Å². The second kappa shape index (κ2) is 10.6. The molecule has 0 bridgehead atoms. The van der Waals surface area contributed by atoms with Gasteiger partial charge in [0.2, 0.25) is 5.78 Å². The maximum absolute atomic E-state index is 6.48. The van der Waals surface area contributed by atoms with E-state index in [0.717, 1.165) is 66.4 Å². The van der Waals surface area contributed by atoms with Gasteiger partial charge in [-0.25, -0.2) is 4.98 Å². The average molecular weight is 649 g/mol. The zero-order valence-corrected chi connectivity index (χ0v) is 27.4. The van der Waals surface area contributed by atoms with Crippen LogP contribution in [0.1, 0.15) is 12.5 Å². The van der Waals surface area contributed by atoms with E-state index in [1.165, 1.54) is 20.2 Å². The third-order valence-corrected chi connectivity index (χ3v) is 10.8. The van der Waals surface area contributed by atoms with Crippen LogP contribution in [0.4, 0.5) is 0 Å². The fourth-order valence-electron chi connectivity index (χ4n) is 7.51. The second-order valence-electron chi connectivity index (χ2n) is 12.2. The number of thiophene rings is 1. The molecule has 10 aromatic rings. The Labute approximate surface area is 284 Å². The summed E-state index contributed by atoms with van der Waals surface area (Å²) in [6.07, 6.45) is 2.09. The molecule has 0 saturated heterocycles. The fourth-order valence-corrected chi connectivity index (χ4v) is 8.70. The lowest BCUT2D eigenvalue weighted by molar-refractivity contribution is 0.571. The van der Waals surface area contributed by atoms with Crippen molar-refractivity contribution in [2.24, 2.45) is 4.99 Å². The third kappa shape index (κ3) is 3.92. The highest BCUT2D eigenvalue weighted by molar-refractivity contribution is 7.26. The number of imidazole rings is 2. The number of furan rings is 1. The van der Waals surface area contributed by atoms with Crippen LogP contribution < -0.4 is 10.6 Å². The van der Waals surface area contributed by atoms with Crippen molar-refractivity contribution in [3.63, 3.8) is 0 Å². The molecule has 0 atom stereocenters. The molecule has 0 saturated carbocycles. The SMILES string of the molecule is C=N/C(c1ccccc1-c1ccccc1-n1c2ccccc2n2c3ccc4c5ccccc5sc4c3nc12)=c1/oc2ccccc2/c1=C/C. The van der Waals surface area contributed by atoms with E-state index >= 15 is 0 Å². The first kappa shape index (κ1) is 27.8. The van der Waals surface area contributed by atoms with Gasteiger partial charge < -0.3 is 4.42 Å². The van der Waals surface area contributed by atoms with Crippen molar-refractivity contribution in [3.8, 4) is 16.8 Å². The van der Waals surface area contributed by atoms with E-state index in [2.05, 4.69) is 136 Å². The van der Waals surface area contributed by atoms with Gasteiger partial charge in [-0.1, -0.05) is 103 Å². The Balaban J connectivity index is 1.29. The van der Waals surface area contributed by atoms with Crippen molar-refractivity contribution in [3.05, 3.63) is 150 Å². The fraction of sp³-hybridized carbons (Fsp3) is 0.0233. The van der Waals surface area contributed by atoms with Crippen LogP contribution in [0.25, 0.3) is 87.6 Å². The number of fused-ring (bicyclic) bond motifs is 10. The minimum Gasteiger partial charge on any atom is -0.454 e. The summed E-state index contributed by atoms with van der Waals surface area (Å²) in [4.78, 5) is 10.1. The van der Waals surface area contributed by atoms with Crippen molar-refractivity contribution in [2.45, 2.75) is 6.92 Å². The molecule has 0 N–H and O–H groups in total. The van der Waals surface area contributed by atoms with E-state index in [1.807, 2.05) is 42.5 Å². The van der Waals surface area contributed by atoms with E-state index in [4.69, 9.17) is 9.40 Å². The third-order valence-electron chi connectivity index (χ3n) is 9.63. The summed E-state index contributed by atoms with van der Waals surface area (Å²) in [5.41, 5.74) is 10.6. The predicted octanol–water partition coefficient (Wildman–Crippen LogP) is 9.87. The quantitative estimate of drug-likeness (QED) is 0.178. The number of para-hydroxylation sites is 4. The van der Waals surface area contributed by atoms with Gasteiger partial charge in [0.05, 0.1) is 26.9 Å². The first-order valence-corrected chi connectivity index (χ1v) is 17.1. The molecule has 49 heavy (non-hydrogen) atoms. The van der Waals surface area contributed by atoms with E-state index < -0.39 is 0 Å². The van der Waals surface area contributed by atoms with Crippen molar-refractivity contribution in [1.29, 1.82) is 0 Å². The highest BCUT2D eigenvalue weighted by Gasteiger charge is 2.22. The van der Waals surface area contributed by atoms with Gasteiger partial charge in [0.25, 0.3) is 0 Å². The lowest BCUT2D eigenvalue weighted by Crippen LogP contribution is -2.23. The van der Waals surface area contributed by atoms with Crippen LogP contribution in [-0.4, -0.2) is 20.7 Å². The highest BCUT2D eigenvalue weighted by atomic mass is 32.1. The molecule has 0 aliphatic rings. The van der Waals surface area contributed by atoms with Crippen LogP contribution in [0.15, 0.2) is 143 Å². The molecule has 4 heterocycles. The standard InChI is InChI=1S/C43H28N4OS/c1-3-26-29-16-7-12-22-37(29)48-41(26)39(44-2)31-18-5-4-14-27(31)28-15-6-9-19-33(28)46-34-20-10-11-21-35(34)47-36-25-24-32-30-17-8-13-23-38(30)49-42(32)40(36)45-43(46)47/h3-25H,2H2,1H3/b26-3-,41-39+. The molecular formula is C43H28N4OS. The summed E-state index contributed by atoms with van der Waals surface area (Å²) in [5, 5.41) is 4.58. The molecule has 4 aromatic heterocycles. The van der Waals surface area contributed by atoms with Crippen LogP contribution >= 0.6 is 11.3 Å². The summed E-state index contributed by atoms with van der Waals surface area (Å²) in [6.45, 7) is 6.07. The van der Waals surface area contributed by atoms with Crippen LogP contribution in [-0.2, 0) is 0 Å². The van der Waals surface area contributed by atoms with Gasteiger partial charge in [0, 0.05) is 37.2 Å². The van der Waals surface area contributed by atoms with Gasteiger partial charge in [-0.05, 0) is 55.6 Å². The molecule has 6 aromatic carbocycles. The lowest BCUT2D eigenvalue weighted by Gasteiger charge is -2.15. The highest BCUT2D eigenvalue weighted by Crippen LogP contribution is 2.41. The van der Waals surface area contributed by atoms with E-state index in [0.29, 0.717) is 11.1 Å². The predicted molar refractivity (Wildman–Crippen MR) is 206 cm³/mol. The zero-order valence-electron chi connectivity index (χ0n) is 26.6. The van der Waals surface area contributed by atoms with Crippen molar-refractivity contribution in [2.75, 3.05) is 0 Å². The number of hydrogen-bond acceptors (Lipinski definition) is 4. The lowest BCUT2D eigenvalue weighted by atomic mass is 9.96. The molecule has 0 spiro atoms. The number of nitrogens with zero attached hydrogens (tertiary/aromatic N) is 4. The largest absolute Gasteiger partial charge is 0.454 e. The second-order valence-corrected chi connectivity index (χ2v) is 13.2.